The topological polar surface area (TPSA) is 12.5 Å². The lowest BCUT2D eigenvalue weighted by Crippen LogP contribution is -2.29. The Balaban J connectivity index is 0.000000488. The maximum atomic E-state index is 13.5. The third-order valence-electron chi connectivity index (χ3n) is 4.82. The summed E-state index contributed by atoms with van der Waals surface area (Å²) < 4.78 is 18.6. The molecule has 2 nitrogen and oxygen atoms in total. The van der Waals surface area contributed by atoms with Gasteiger partial charge in [-0.2, -0.15) is 0 Å². The molecule has 0 radical (unpaired) electrons. The Bertz CT molecular complexity index is 678. The fraction of sp³-hybridized carbons (Fsp3) is 0.538. The largest absolute Gasteiger partial charge is 0.496 e. The number of piperidine rings is 1. The van der Waals surface area contributed by atoms with Crippen LogP contribution in [0.25, 0.3) is 0 Å². The van der Waals surface area contributed by atoms with E-state index in [1.54, 1.807) is 13.2 Å². The van der Waals surface area contributed by atoms with Crippen LogP contribution >= 0.6 is 0 Å². The van der Waals surface area contributed by atoms with Gasteiger partial charge < -0.3 is 4.74 Å². The van der Waals surface area contributed by atoms with Crippen molar-refractivity contribution in [2.24, 2.45) is 0 Å². The minimum absolute atomic E-state index is 0.0637. The first-order valence-corrected chi connectivity index (χ1v) is 11.1. The molecule has 0 saturated carbocycles. The molecule has 1 aliphatic rings. The molecular weight excluding hydrogens is 361 g/mol. The summed E-state index contributed by atoms with van der Waals surface area (Å²) in [5.74, 6) is 0.908. The number of benzene rings is 2. The molecule has 0 unspecified atom stereocenters. The molecule has 0 aliphatic carbocycles. The van der Waals surface area contributed by atoms with Gasteiger partial charge in [0.25, 0.3) is 0 Å². The van der Waals surface area contributed by atoms with Crippen molar-refractivity contribution in [1.82, 2.24) is 4.90 Å². The number of hydrogen-bond acceptors (Lipinski definition) is 2. The van der Waals surface area contributed by atoms with Gasteiger partial charge in [0.15, 0.2) is 0 Å². The first-order valence-electron chi connectivity index (χ1n) is 11.1. The molecule has 0 N–H and O–H groups in total. The van der Waals surface area contributed by atoms with Crippen molar-refractivity contribution in [2.75, 3.05) is 20.2 Å². The van der Waals surface area contributed by atoms with Gasteiger partial charge in [0, 0.05) is 12.1 Å². The SMILES string of the molecule is CC.CC.COc1cccc(C)c1C.Cc1ccc(F)c(CN2CCCCC2)c1. The number of likely N-dealkylation sites (tertiary alicyclic amines) is 1. The van der Waals surface area contributed by atoms with Crippen LogP contribution in [0.4, 0.5) is 4.39 Å². The zero-order valence-electron chi connectivity index (χ0n) is 19.9. The van der Waals surface area contributed by atoms with Gasteiger partial charge >= 0.3 is 0 Å². The number of halogens is 1. The maximum absolute atomic E-state index is 13.5. The van der Waals surface area contributed by atoms with Gasteiger partial charge in [0.2, 0.25) is 0 Å². The molecule has 0 bridgehead atoms. The first-order chi connectivity index (χ1) is 14.0. The molecule has 3 rings (SSSR count). The number of rotatable bonds is 3. The van der Waals surface area contributed by atoms with Crippen molar-refractivity contribution in [3.63, 3.8) is 0 Å². The summed E-state index contributed by atoms with van der Waals surface area (Å²) in [6, 6.07) is 11.4. The van der Waals surface area contributed by atoms with Crippen LogP contribution in [0, 0.1) is 26.6 Å². The van der Waals surface area contributed by atoms with E-state index in [0.29, 0.717) is 0 Å². The Hall–Kier alpha value is -1.87. The van der Waals surface area contributed by atoms with Crippen LogP contribution in [0.1, 0.15) is 69.2 Å². The average Bonchev–Trinajstić information content (AvgIpc) is 2.77. The summed E-state index contributed by atoms with van der Waals surface area (Å²) in [7, 11) is 1.70. The fourth-order valence-corrected chi connectivity index (χ4v) is 3.13. The summed E-state index contributed by atoms with van der Waals surface area (Å²) in [6.45, 7) is 17.2. The van der Waals surface area contributed by atoms with Crippen LogP contribution in [0.3, 0.4) is 0 Å². The van der Waals surface area contributed by atoms with Crippen LogP contribution in [0.5, 0.6) is 5.75 Å². The zero-order valence-corrected chi connectivity index (χ0v) is 19.9. The molecule has 1 fully saturated rings. The van der Waals surface area contributed by atoms with E-state index >= 15 is 0 Å². The van der Waals surface area contributed by atoms with Crippen molar-refractivity contribution in [1.29, 1.82) is 0 Å². The van der Waals surface area contributed by atoms with Crippen LogP contribution < -0.4 is 4.74 Å². The lowest BCUT2D eigenvalue weighted by atomic mass is 10.1. The normalized spacial score (nSPS) is 13.0. The van der Waals surface area contributed by atoms with Gasteiger partial charge in [0.05, 0.1) is 7.11 Å². The quantitative estimate of drug-likeness (QED) is 0.526. The van der Waals surface area contributed by atoms with Crippen LogP contribution in [0.2, 0.25) is 0 Å². The fourth-order valence-electron chi connectivity index (χ4n) is 3.13. The Labute approximate surface area is 179 Å². The highest BCUT2D eigenvalue weighted by atomic mass is 19.1. The Morgan fingerprint density at radius 2 is 1.52 bits per heavy atom. The number of methoxy groups -OCH3 is 1. The number of nitrogens with zero attached hydrogens (tertiary/aromatic N) is 1. The van der Waals surface area contributed by atoms with Crippen molar-refractivity contribution in [3.8, 4) is 5.75 Å². The van der Waals surface area contributed by atoms with Gasteiger partial charge in [-0.15, -0.1) is 0 Å². The van der Waals surface area contributed by atoms with E-state index < -0.39 is 0 Å². The molecular formula is C26H42FNO. The summed E-state index contributed by atoms with van der Waals surface area (Å²) in [4.78, 5) is 2.35. The average molecular weight is 404 g/mol. The minimum atomic E-state index is -0.0637. The lowest BCUT2D eigenvalue weighted by molar-refractivity contribution is 0.218. The molecule has 0 amide bonds. The molecule has 29 heavy (non-hydrogen) atoms. The van der Waals surface area contributed by atoms with Crippen molar-refractivity contribution in [3.05, 3.63) is 64.5 Å². The van der Waals surface area contributed by atoms with Gasteiger partial charge in [-0.1, -0.05) is 63.9 Å². The highest BCUT2D eigenvalue weighted by molar-refractivity contribution is 5.37. The van der Waals surface area contributed by atoms with Gasteiger partial charge in [0.1, 0.15) is 11.6 Å². The highest BCUT2D eigenvalue weighted by Gasteiger charge is 2.12. The standard InChI is InChI=1S/C13H18FN.C9H12O.2C2H6/c1-11-5-6-13(14)12(9-11)10-15-7-3-2-4-8-15;1-7-5-4-6-9(10-3)8(7)2;2*1-2/h5-6,9H,2-4,7-8,10H2,1H3;4-6H,1-3H3;2*1-2H3. The molecule has 0 atom stereocenters. The van der Waals surface area contributed by atoms with Crippen LogP contribution in [-0.2, 0) is 6.54 Å². The smallest absolute Gasteiger partial charge is 0.127 e. The second kappa shape index (κ2) is 16.0. The number of hydrogen-bond donors (Lipinski definition) is 0. The minimum Gasteiger partial charge on any atom is -0.496 e. The summed E-state index contributed by atoms with van der Waals surface area (Å²) in [6.07, 6.45) is 3.84. The molecule has 1 heterocycles. The van der Waals surface area contributed by atoms with E-state index in [0.717, 1.165) is 36.5 Å². The molecule has 2 aromatic rings. The van der Waals surface area contributed by atoms with E-state index in [4.69, 9.17) is 4.74 Å². The zero-order chi connectivity index (χ0) is 22.2. The third-order valence-corrected chi connectivity index (χ3v) is 4.82. The Morgan fingerprint density at radius 1 is 0.897 bits per heavy atom. The predicted molar refractivity (Wildman–Crippen MR) is 125 cm³/mol. The summed E-state index contributed by atoms with van der Waals surface area (Å²) in [5, 5.41) is 0. The lowest BCUT2D eigenvalue weighted by Gasteiger charge is -2.26. The first kappa shape index (κ1) is 27.1. The summed E-state index contributed by atoms with van der Waals surface area (Å²) >= 11 is 0. The van der Waals surface area contributed by atoms with Crippen molar-refractivity contribution < 1.29 is 9.13 Å². The molecule has 3 heteroatoms. The highest BCUT2D eigenvalue weighted by Crippen LogP contribution is 2.19. The predicted octanol–water partition coefficient (Wildman–Crippen LogP) is 7.48. The number of ether oxygens (including phenoxy) is 1. The second-order valence-electron chi connectivity index (χ2n) is 6.83. The van der Waals surface area contributed by atoms with E-state index in [1.807, 2.05) is 58.9 Å². The third kappa shape index (κ3) is 9.94. The van der Waals surface area contributed by atoms with E-state index in [9.17, 15) is 4.39 Å². The number of aryl methyl sites for hydroxylation is 2. The molecule has 1 aliphatic heterocycles. The van der Waals surface area contributed by atoms with Crippen LogP contribution in [0.15, 0.2) is 36.4 Å². The molecule has 0 aromatic heterocycles. The van der Waals surface area contributed by atoms with Crippen molar-refractivity contribution in [2.45, 2.75) is 74.3 Å². The van der Waals surface area contributed by atoms with E-state index in [2.05, 4.69) is 24.8 Å². The monoisotopic (exact) mass is 403 g/mol. The second-order valence-corrected chi connectivity index (χ2v) is 6.83. The molecule has 2 aromatic carbocycles. The Morgan fingerprint density at radius 3 is 2.07 bits per heavy atom. The van der Waals surface area contributed by atoms with E-state index in [-0.39, 0.29) is 5.82 Å². The molecule has 164 valence electrons. The maximum Gasteiger partial charge on any atom is 0.127 e. The molecule has 1 saturated heterocycles. The summed E-state index contributed by atoms with van der Waals surface area (Å²) in [5.41, 5.74) is 4.49. The molecule has 0 spiro atoms. The van der Waals surface area contributed by atoms with Gasteiger partial charge in [-0.05, 0) is 70.0 Å². The van der Waals surface area contributed by atoms with E-state index in [1.165, 1.54) is 30.4 Å². The van der Waals surface area contributed by atoms with Gasteiger partial charge in [-0.3, -0.25) is 4.90 Å². The van der Waals surface area contributed by atoms with Crippen LogP contribution in [-0.4, -0.2) is 25.1 Å². The van der Waals surface area contributed by atoms with Crippen molar-refractivity contribution >= 4 is 0 Å². The Kier molecular flexibility index (Phi) is 15.0. The van der Waals surface area contributed by atoms with Gasteiger partial charge in [-0.25, -0.2) is 4.39 Å².